The highest BCUT2D eigenvalue weighted by Gasteiger charge is 2.22. The Morgan fingerprint density at radius 2 is 1.67 bits per heavy atom. The molecule has 0 atom stereocenters. The number of hydrogen-bond donors (Lipinski definition) is 0. The van der Waals surface area contributed by atoms with E-state index in [1.807, 2.05) is 30.3 Å². The van der Waals surface area contributed by atoms with E-state index in [-0.39, 0.29) is 5.78 Å². The van der Waals surface area contributed by atoms with Crippen LogP contribution in [0.1, 0.15) is 15.9 Å². The Morgan fingerprint density at radius 1 is 1.00 bits per heavy atom. The maximum Gasteiger partial charge on any atom is 0.242 e. The lowest BCUT2D eigenvalue weighted by Gasteiger charge is -2.21. The van der Waals surface area contributed by atoms with Crippen molar-refractivity contribution in [2.75, 3.05) is 7.11 Å². The molecular formula is C17H20O3Si. The van der Waals surface area contributed by atoms with Gasteiger partial charge in [0.1, 0.15) is 11.5 Å². The normalized spacial score (nSPS) is 11.0. The minimum Gasteiger partial charge on any atom is -0.544 e. The lowest BCUT2D eigenvalue weighted by molar-refractivity contribution is 0.103. The maximum atomic E-state index is 12.6. The summed E-state index contributed by atoms with van der Waals surface area (Å²) in [5.41, 5.74) is 1.23. The number of benzene rings is 2. The molecule has 4 heteroatoms. The van der Waals surface area contributed by atoms with Crippen LogP contribution in [0, 0.1) is 0 Å². The number of hydrogen-bond acceptors (Lipinski definition) is 3. The quantitative estimate of drug-likeness (QED) is 0.615. The van der Waals surface area contributed by atoms with Crippen LogP contribution in [-0.4, -0.2) is 21.2 Å². The highest BCUT2D eigenvalue weighted by atomic mass is 28.4. The molecule has 0 aliphatic heterocycles. The van der Waals surface area contributed by atoms with Crippen LogP contribution in [0.3, 0.4) is 0 Å². The van der Waals surface area contributed by atoms with Gasteiger partial charge in [0.05, 0.1) is 12.7 Å². The van der Waals surface area contributed by atoms with Gasteiger partial charge in [-0.05, 0) is 31.8 Å². The van der Waals surface area contributed by atoms with Gasteiger partial charge < -0.3 is 9.16 Å². The third-order valence-corrected chi connectivity index (χ3v) is 3.72. The number of methoxy groups -OCH3 is 1. The maximum absolute atomic E-state index is 12.6. The van der Waals surface area contributed by atoms with E-state index < -0.39 is 8.32 Å². The molecule has 3 nitrogen and oxygen atoms in total. The van der Waals surface area contributed by atoms with Crippen LogP contribution in [0.15, 0.2) is 48.5 Å². The predicted octanol–water partition coefficient (Wildman–Crippen LogP) is 4.14. The molecule has 0 bridgehead atoms. The molecule has 0 saturated heterocycles. The van der Waals surface area contributed by atoms with Gasteiger partial charge >= 0.3 is 0 Å². The molecule has 0 radical (unpaired) electrons. The van der Waals surface area contributed by atoms with Crippen molar-refractivity contribution < 1.29 is 14.0 Å². The highest BCUT2D eigenvalue weighted by molar-refractivity contribution is 6.70. The summed E-state index contributed by atoms with van der Waals surface area (Å²) in [4.78, 5) is 12.6. The third kappa shape index (κ3) is 3.95. The summed E-state index contributed by atoms with van der Waals surface area (Å²) in [6.07, 6.45) is 0. The Hall–Kier alpha value is -2.07. The minimum absolute atomic E-state index is 0.0356. The molecular weight excluding hydrogens is 280 g/mol. The Labute approximate surface area is 126 Å². The summed E-state index contributed by atoms with van der Waals surface area (Å²) in [6, 6.07) is 14.6. The second kappa shape index (κ2) is 6.14. The second-order valence-corrected chi connectivity index (χ2v) is 10.2. The predicted molar refractivity (Wildman–Crippen MR) is 86.8 cm³/mol. The van der Waals surface area contributed by atoms with Crippen molar-refractivity contribution in [1.29, 1.82) is 0 Å². The van der Waals surface area contributed by atoms with E-state index in [1.54, 1.807) is 25.3 Å². The van der Waals surface area contributed by atoms with Gasteiger partial charge in [-0.1, -0.05) is 30.3 Å². The van der Waals surface area contributed by atoms with Crippen molar-refractivity contribution in [2.24, 2.45) is 0 Å². The average molecular weight is 300 g/mol. The minimum atomic E-state index is -1.82. The van der Waals surface area contributed by atoms with Crippen molar-refractivity contribution in [2.45, 2.75) is 19.6 Å². The standard InChI is InChI=1S/C17H20O3Si/c1-19-14-10-11-15(16(12-14)20-21(2,3)4)17(18)13-8-6-5-7-9-13/h5-12H,1-4H3. The van der Waals surface area contributed by atoms with Crippen molar-refractivity contribution in [1.82, 2.24) is 0 Å². The average Bonchev–Trinajstić information content (AvgIpc) is 2.45. The molecule has 110 valence electrons. The van der Waals surface area contributed by atoms with E-state index in [1.165, 1.54) is 0 Å². The molecule has 0 aliphatic carbocycles. The fourth-order valence-electron chi connectivity index (χ4n) is 1.98. The van der Waals surface area contributed by atoms with Gasteiger partial charge in [0.15, 0.2) is 5.78 Å². The van der Waals surface area contributed by atoms with Crippen molar-refractivity contribution in [3.05, 3.63) is 59.7 Å². The van der Waals surface area contributed by atoms with Crippen LogP contribution < -0.4 is 9.16 Å². The van der Waals surface area contributed by atoms with Crippen LogP contribution >= 0.6 is 0 Å². The molecule has 0 aliphatic rings. The topological polar surface area (TPSA) is 35.5 Å². The van der Waals surface area contributed by atoms with E-state index in [0.29, 0.717) is 22.6 Å². The summed E-state index contributed by atoms with van der Waals surface area (Å²) in [5.74, 6) is 1.25. The van der Waals surface area contributed by atoms with Gasteiger partial charge in [0, 0.05) is 11.6 Å². The lowest BCUT2D eigenvalue weighted by atomic mass is 10.0. The number of carbonyl (C=O) groups excluding carboxylic acids is 1. The van der Waals surface area contributed by atoms with E-state index >= 15 is 0 Å². The summed E-state index contributed by atoms with van der Waals surface area (Å²) in [6.45, 7) is 6.26. The summed E-state index contributed by atoms with van der Waals surface area (Å²) in [5, 5.41) is 0. The Bertz CT molecular complexity index is 630. The van der Waals surface area contributed by atoms with E-state index in [4.69, 9.17) is 9.16 Å². The lowest BCUT2D eigenvalue weighted by Crippen LogP contribution is -2.30. The molecule has 2 aromatic rings. The molecule has 0 unspecified atom stereocenters. The van der Waals surface area contributed by atoms with Crippen LogP contribution in [0.2, 0.25) is 19.6 Å². The van der Waals surface area contributed by atoms with Crippen molar-refractivity contribution >= 4 is 14.1 Å². The highest BCUT2D eigenvalue weighted by Crippen LogP contribution is 2.29. The van der Waals surface area contributed by atoms with Gasteiger partial charge in [-0.25, -0.2) is 0 Å². The van der Waals surface area contributed by atoms with Gasteiger partial charge in [-0.15, -0.1) is 0 Å². The zero-order valence-electron chi connectivity index (χ0n) is 12.8. The first-order chi connectivity index (χ1) is 9.90. The summed E-state index contributed by atoms with van der Waals surface area (Å²) < 4.78 is 11.3. The summed E-state index contributed by atoms with van der Waals surface area (Å²) in [7, 11) is -0.216. The molecule has 0 heterocycles. The number of rotatable bonds is 5. The Balaban J connectivity index is 2.45. The molecule has 0 spiro atoms. The van der Waals surface area contributed by atoms with Crippen LogP contribution in [0.25, 0.3) is 0 Å². The molecule has 21 heavy (non-hydrogen) atoms. The van der Waals surface area contributed by atoms with E-state index in [0.717, 1.165) is 0 Å². The SMILES string of the molecule is COc1ccc(C(=O)c2ccccc2)c(O[Si](C)(C)C)c1. The molecule has 2 rings (SSSR count). The van der Waals surface area contributed by atoms with Crippen LogP contribution in [-0.2, 0) is 0 Å². The first-order valence-electron chi connectivity index (χ1n) is 6.87. The van der Waals surface area contributed by atoms with Gasteiger partial charge in [0.25, 0.3) is 0 Å². The van der Waals surface area contributed by atoms with E-state index in [9.17, 15) is 4.79 Å². The molecule has 2 aromatic carbocycles. The third-order valence-electron chi connectivity index (χ3n) is 2.89. The molecule has 0 N–H and O–H groups in total. The number of ether oxygens (including phenoxy) is 1. The number of carbonyl (C=O) groups is 1. The van der Waals surface area contributed by atoms with Crippen molar-refractivity contribution in [3.8, 4) is 11.5 Å². The largest absolute Gasteiger partial charge is 0.544 e. The monoisotopic (exact) mass is 300 g/mol. The van der Waals surface area contributed by atoms with Crippen molar-refractivity contribution in [3.63, 3.8) is 0 Å². The molecule has 0 fully saturated rings. The molecule has 0 amide bonds. The zero-order valence-corrected chi connectivity index (χ0v) is 13.8. The van der Waals surface area contributed by atoms with Gasteiger partial charge in [-0.2, -0.15) is 0 Å². The zero-order chi connectivity index (χ0) is 15.5. The Morgan fingerprint density at radius 3 is 2.24 bits per heavy atom. The fraction of sp³-hybridized carbons (Fsp3) is 0.235. The molecule has 0 aromatic heterocycles. The Kier molecular flexibility index (Phi) is 4.48. The summed E-state index contributed by atoms with van der Waals surface area (Å²) >= 11 is 0. The van der Waals surface area contributed by atoms with Crippen LogP contribution in [0.4, 0.5) is 0 Å². The molecule has 0 saturated carbocycles. The van der Waals surface area contributed by atoms with Gasteiger partial charge in [0.2, 0.25) is 8.32 Å². The second-order valence-electron chi connectivity index (χ2n) is 5.77. The smallest absolute Gasteiger partial charge is 0.242 e. The number of ketones is 1. The fourth-order valence-corrected chi connectivity index (χ4v) is 2.81. The van der Waals surface area contributed by atoms with Gasteiger partial charge in [-0.3, -0.25) is 4.79 Å². The first kappa shape index (κ1) is 15.3. The van der Waals surface area contributed by atoms with Crippen LogP contribution in [0.5, 0.6) is 11.5 Å². The van der Waals surface area contributed by atoms with E-state index in [2.05, 4.69) is 19.6 Å². The first-order valence-corrected chi connectivity index (χ1v) is 10.3.